The number of hydrogen-bond donors (Lipinski definition) is 2. The quantitative estimate of drug-likeness (QED) is 0.834. The van der Waals surface area contributed by atoms with Crippen LogP contribution in [0.25, 0.3) is 0 Å². The molecule has 0 spiro atoms. The van der Waals surface area contributed by atoms with E-state index in [1.54, 1.807) is 37.4 Å². The number of thiocarbonyl (C=S) groups is 1. The summed E-state index contributed by atoms with van der Waals surface area (Å²) in [7, 11) is 0. The first-order chi connectivity index (χ1) is 8.56. The van der Waals surface area contributed by atoms with Gasteiger partial charge in [0.2, 0.25) is 0 Å². The molecule has 3 nitrogen and oxygen atoms in total. The molecule has 1 aromatic carbocycles. The van der Waals surface area contributed by atoms with Gasteiger partial charge in [0.15, 0.2) is 0 Å². The molecule has 5 heteroatoms. The molecule has 3 N–H and O–H groups in total. The van der Waals surface area contributed by atoms with Gasteiger partial charge in [0.05, 0.1) is 0 Å². The van der Waals surface area contributed by atoms with Crippen molar-refractivity contribution in [1.82, 2.24) is 4.98 Å². The molecule has 1 heterocycles. The van der Waals surface area contributed by atoms with Crippen LogP contribution >= 0.6 is 12.2 Å². The predicted octanol–water partition coefficient (Wildman–Crippen LogP) is 2.91. The Kier molecular flexibility index (Phi) is 3.53. The van der Waals surface area contributed by atoms with Crippen molar-refractivity contribution in [3.05, 3.63) is 53.5 Å². The molecule has 0 bridgehead atoms. The minimum atomic E-state index is -0.231. The van der Waals surface area contributed by atoms with Crippen LogP contribution in [-0.2, 0) is 0 Å². The average molecular weight is 261 g/mol. The van der Waals surface area contributed by atoms with E-state index in [1.807, 2.05) is 0 Å². The molecule has 0 aliphatic carbocycles. The van der Waals surface area contributed by atoms with Crippen LogP contribution in [0.4, 0.5) is 15.9 Å². The molecular weight excluding hydrogens is 249 g/mol. The maximum Gasteiger partial charge on any atom is 0.130 e. The van der Waals surface area contributed by atoms with E-state index in [-0.39, 0.29) is 5.82 Å². The number of nitrogens with zero attached hydrogens (tertiary/aromatic N) is 1. The van der Waals surface area contributed by atoms with Crippen molar-refractivity contribution in [3.63, 3.8) is 0 Å². The molecule has 92 valence electrons. The highest BCUT2D eigenvalue weighted by atomic mass is 32.1. The van der Waals surface area contributed by atoms with Crippen molar-refractivity contribution >= 4 is 28.7 Å². The summed E-state index contributed by atoms with van der Waals surface area (Å²) >= 11 is 4.90. The third kappa shape index (κ3) is 2.81. The van der Waals surface area contributed by atoms with E-state index in [9.17, 15) is 4.39 Å². The number of benzene rings is 1. The normalized spacial score (nSPS) is 10.1. The molecular formula is C13H12FN3S. The maximum atomic E-state index is 13.1. The van der Waals surface area contributed by atoms with Gasteiger partial charge in [-0.2, -0.15) is 0 Å². The zero-order valence-electron chi connectivity index (χ0n) is 9.77. The second-order valence-corrected chi connectivity index (χ2v) is 4.32. The highest BCUT2D eigenvalue weighted by molar-refractivity contribution is 7.80. The van der Waals surface area contributed by atoms with E-state index in [0.29, 0.717) is 16.4 Å². The van der Waals surface area contributed by atoms with Crippen LogP contribution < -0.4 is 11.1 Å². The molecule has 0 atom stereocenters. The Hall–Kier alpha value is -2.01. The fourth-order valence-electron chi connectivity index (χ4n) is 1.52. The predicted molar refractivity (Wildman–Crippen MR) is 74.5 cm³/mol. The lowest BCUT2D eigenvalue weighted by Gasteiger charge is -2.08. The molecule has 0 amide bonds. The number of anilines is 2. The lowest BCUT2D eigenvalue weighted by Crippen LogP contribution is -2.09. The van der Waals surface area contributed by atoms with Crippen LogP contribution in [0.5, 0.6) is 0 Å². The summed E-state index contributed by atoms with van der Waals surface area (Å²) in [6, 6.07) is 8.27. The molecule has 0 saturated heterocycles. The second kappa shape index (κ2) is 5.10. The average Bonchev–Trinajstić information content (AvgIpc) is 2.34. The minimum Gasteiger partial charge on any atom is -0.389 e. The van der Waals surface area contributed by atoms with E-state index in [4.69, 9.17) is 18.0 Å². The summed E-state index contributed by atoms with van der Waals surface area (Å²) in [6.07, 6.45) is 1.62. The lowest BCUT2D eigenvalue weighted by molar-refractivity contribution is 0.619. The van der Waals surface area contributed by atoms with Crippen LogP contribution in [0, 0.1) is 12.7 Å². The third-order valence-corrected chi connectivity index (χ3v) is 2.71. The molecule has 0 saturated carbocycles. The SMILES string of the molecule is Cc1cc(Nc2cc(C(N)=S)ccn2)ccc1F. The number of aromatic nitrogens is 1. The Bertz CT molecular complexity index is 599. The summed E-state index contributed by atoms with van der Waals surface area (Å²) in [6.45, 7) is 1.71. The van der Waals surface area contributed by atoms with Crippen molar-refractivity contribution in [3.8, 4) is 0 Å². The fraction of sp³-hybridized carbons (Fsp3) is 0.0769. The van der Waals surface area contributed by atoms with Crippen molar-refractivity contribution < 1.29 is 4.39 Å². The first-order valence-electron chi connectivity index (χ1n) is 5.35. The topological polar surface area (TPSA) is 50.9 Å². The van der Waals surface area contributed by atoms with E-state index < -0.39 is 0 Å². The van der Waals surface area contributed by atoms with Gasteiger partial charge in [0, 0.05) is 17.4 Å². The van der Waals surface area contributed by atoms with E-state index in [1.165, 1.54) is 6.07 Å². The van der Waals surface area contributed by atoms with Gasteiger partial charge in [0.25, 0.3) is 0 Å². The monoisotopic (exact) mass is 261 g/mol. The maximum absolute atomic E-state index is 13.1. The molecule has 1 aromatic heterocycles. The van der Waals surface area contributed by atoms with Gasteiger partial charge in [-0.25, -0.2) is 9.37 Å². The van der Waals surface area contributed by atoms with E-state index in [2.05, 4.69) is 10.3 Å². The zero-order chi connectivity index (χ0) is 13.1. The van der Waals surface area contributed by atoms with Gasteiger partial charge in [-0.15, -0.1) is 0 Å². The Balaban J connectivity index is 2.25. The lowest BCUT2D eigenvalue weighted by atomic mass is 10.2. The van der Waals surface area contributed by atoms with Gasteiger partial charge in [-0.1, -0.05) is 12.2 Å². The molecule has 2 aromatic rings. The molecule has 2 rings (SSSR count). The number of hydrogen-bond acceptors (Lipinski definition) is 3. The van der Waals surface area contributed by atoms with Gasteiger partial charge in [-0.05, 0) is 42.8 Å². The Morgan fingerprint density at radius 2 is 2.11 bits per heavy atom. The summed E-state index contributed by atoms with van der Waals surface area (Å²) < 4.78 is 13.1. The molecule has 0 aliphatic heterocycles. The number of nitrogens with two attached hydrogens (primary N) is 1. The number of nitrogens with one attached hydrogen (secondary N) is 1. The summed E-state index contributed by atoms with van der Waals surface area (Å²) in [5.41, 5.74) is 7.62. The van der Waals surface area contributed by atoms with Crippen molar-refractivity contribution in [2.45, 2.75) is 6.92 Å². The summed E-state index contributed by atoms with van der Waals surface area (Å²) in [4.78, 5) is 4.46. The molecule has 0 unspecified atom stereocenters. The largest absolute Gasteiger partial charge is 0.389 e. The third-order valence-electron chi connectivity index (χ3n) is 2.47. The fourth-order valence-corrected chi connectivity index (χ4v) is 1.65. The van der Waals surface area contributed by atoms with Crippen LogP contribution in [0.15, 0.2) is 36.5 Å². The minimum absolute atomic E-state index is 0.231. The molecule has 0 radical (unpaired) electrons. The van der Waals surface area contributed by atoms with Crippen LogP contribution in [0.2, 0.25) is 0 Å². The zero-order valence-corrected chi connectivity index (χ0v) is 10.6. The van der Waals surface area contributed by atoms with Crippen molar-refractivity contribution in [2.24, 2.45) is 5.73 Å². The van der Waals surface area contributed by atoms with Crippen LogP contribution in [0.3, 0.4) is 0 Å². The molecule has 18 heavy (non-hydrogen) atoms. The standard InChI is InChI=1S/C13H12FN3S/c1-8-6-10(2-3-11(8)14)17-12-7-9(13(15)18)4-5-16-12/h2-7H,1H3,(H2,15,18)(H,16,17). The summed E-state index contributed by atoms with van der Waals surface area (Å²) in [5.74, 6) is 0.386. The Morgan fingerprint density at radius 1 is 1.33 bits per heavy atom. The van der Waals surface area contributed by atoms with Gasteiger partial charge in [0.1, 0.15) is 16.6 Å². The first kappa shape index (κ1) is 12.4. The molecule has 0 fully saturated rings. The highest BCUT2D eigenvalue weighted by Crippen LogP contribution is 2.18. The highest BCUT2D eigenvalue weighted by Gasteiger charge is 2.02. The number of rotatable bonds is 3. The van der Waals surface area contributed by atoms with Gasteiger partial charge >= 0.3 is 0 Å². The van der Waals surface area contributed by atoms with Crippen LogP contribution in [0.1, 0.15) is 11.1 Å². The number of pyridine rings is 1. The van der Waals surface area contributed by atoms with Gasteiger partial charge in [-0.3, -0.25) is 0 Å². The summed E-state index contributed by atoms with van der Waals surface area (Å²) in [5, 5.41) is 3.07. The van der Waals surface area contributed by atoms with Crippen molar-refractivity contribution in [1.29, 1.82) is 0 Å². The van der Waals surface area contributed by atoms with Gasteiger partial charge < -0.3 is 11.1 Å². The first-order valence-corrected chi connectivity index (χ1v) is 5.76. The number of aryl methyl sites for hydroxylation is 1. The second-order valence-electron chi connectivity index (χ2n) is 3.88. The smallest absolute Gasteiger partial charge is 0.130 e. The van der Waals surface area contributed by atoms with E-state index >= 15 is 0 Å². The Labute approximate surface area is 110 Å². The Morgan fingerprint density at radius 3 is 2.78 bits per heavy atom. The number of halogens is 1. The van der Waals surface area contributed by atoms with Crippen LogP contribution in [-0.4, -0.2) is 9.97 Å². The molecule has 0 aliphatic rings. The van der Waals surface area contributed by atoms with Crippen molar-refractivity contribution in [2.75, 3.05) is 5.32 Å². The van der Waals surface area contributed by atoms with E-state index in [0.717, 1.165) is 11.3 Å².